The number of amides is 1. The molecule has 1 amide bonds. The summed E-state index contributed by atoms with van der Waals surface area (Å²) in [5, 5.41) is 4.43. The van der Waals surface area contributed by atoms with Gasteiger partial charge in [-0.2, -0.15) is 5.10 Å². The van der Waals surface area contributed by atoms with Crippen LogP contribution >= 0.6 is 11.6 Å². The van der Waals surface area contributed by atoms with E-state index in [-0.39, 0.29) is 11.9 Å². The third kappa shape index (κ3) is 3.75. The fourth-order valence-electron chi connectivity index (χ4n) is 2.59. The first-order chi connectivity index (χ1) is 9.69. The van der Waals surface area contributed by atoms with Crippen LogP contribution in [0.3, 0.4) is 0 Å². The van der Waals surface area contributed by atoms with Gasteiger partial charge in [0.2, 0.25) is 10.0 Å². The van der Waals surface area contributed by atoms with Crippen LogP contribution in [0.15, 0.2) is 0 Å². The Bertz CT molecular complexity index is 656. The van der Waals surface area contributed by atoms with E-state index < -0.39 is 10.0 Å². The van der Waals surface area contributed by atoms with Crippen molar-refractivity contribution in [3.63, 3.8) is 0 Å². The van der Waals surface area contributed by atoms with Crippen LogP contribution in [0.1, 0.15) is 28.9 Å². The lowest BCUT2D eigenvalue weighted by atomic mass is 10.1. The molecule has 1 aliphatic heterocycles. The summed E-state index contributed by atoms with van der Waals surface area (Å²) in [4.78, 5) is 14.2. The highest BCUT2D eigenvalue weighted by Crippen LogP contribution is 2.22. The lowest BCUT2D eigenvalue weighted by Crippen LogP contribution is -2.49. The topological polar surface area (TPSA) is 84.3 Å². The van der Waals surface area contributed by atoms with Crippen LogP contribution in [0, 0.1) is 6.92 Å². The third-order valence-corrected chi connectivity index (χ3v) is 4.65. The minimum absolute atomic E-state index is 0.203. The van der Waals surface area contributed by atoms with E-state index >= 15 is 0 Å². The number of nitrogens with zero attached hydrogens (tertiary/aromatic N) is 3. The minimum atomic E-state index is -3.28. The maximum absolute atomic E-state index is 12.6. The first-order valence-corrected chi connectivity index (χ1v) is 8.91. The van der Waals surface area contributed by atoms with E-state index in [2.05, 4.69) is 9.82 Å². The van der Waals surface area contributed by atoms with Crippen LogP contribution in [-0.2, 0) is 17.1 Å². The van der Waals surface area contributed by atoms with E-state index in [1.807, 2.05) is 0 Å². The van der Waals surface area contributed by atoms with Crippen LogP contribution in [-0.4, -0.2) is 54.4 Å². The molecule has 1 saturated heterocycles. The van der Waals surface area contributed by atoms with E-state index in [9.17, 15) is 13.2 Å². The number of piperidine rings is 1. The van der Waals surface area contributed by atoms with Gasteiger partial charge in [0, 0.05) is 26.2 Å². The molecule has 2 heterocycles. The number of aromatic nitrogens is 2. The molecule has 0 saturated carbocycles. The zero-order valence-corrected chi connectivity index (χ0v) is 13.8. The van der Waals surface area contributed by atoms with Crippen LogP contribution in [0.25, 0.3) is 0 Å². The Morgan fingerprint density at radius 2 is 2.14 bits per heavy atom. The molecule has 1 atom stereocenters. The molecule has 2 rings (SSSR count). The highest BCUT2D eigenvalue weighted by atomic mass is 35.5. The Kier molecular flexibility index (Phi) is 4.60. The van der Waals surface area contributed by atoms with Crippen molar-refractivity contribution in [1.82, 2.24) is 19.4 Å². The fraction of sp³-hybridized carbons (Fsp3) is 0.667. The molecule has 0 aromatic carbocycles. The summed E-state index contributed by atoms with van der Waals surface area (Å²) in [6.07, 6.45) is 2.59. The Morgan fingerprint density at radius 3 is 2.67 bits per heavy atom. The van der Waals surface area contributed by atoms with Crippen molar-refractivity contribution >= 4 is 27.5 Å². The van der Waals surface area contributed by atoms with Crippen LogP contribution in [0.2, 0.25) is 5.15 Å². The van der Waals surface area contributed by atoms with E-state index in [1.165, 1.54) is 4.68 Å². The molecule has 7 nitrogen and oxygen atoms in total. The lowest BCUT2D eigenvalue weighted by molar-refractivity contribution is 0.0702. The average Bonchev–Trinajstić information content (AvgIpc) is 2.61. The molecule has 0 aliphatic carbocycles. The molecule has 1 aromatic rings. The summed E-state index contributed by atoms with van der Waals surface area (Å²) in [5.41, 5.74) is 0.963. The van der Waals surface area contributed by atoms with E-state index in [4.69, 9.17) is 11.6 Å². The number of rotatable bonds is 3. The largest absolute Gasteiger partial charge is 0.337 e. The van der Waals surface area contributed by atoms with E-state index in [1.54, 1.807) is 18.9 Å². The van der Waals surface area contributed by atoms with Crippen molar-refractivity contribution < 1.29 is 13.2 Å². The second kappa shape index (κ2) is 5.94. The highest BCUT2D eigenvalue weighted by molar-refractivity contribution is 7.88. The molecule has 0 unspecified atom stereocenters. The molecule has 118 valence electrons. The molecule has 1 fully saturated rings. The van der Waals surface area contributed by atoms with Crippen molar-refractivity contribution in [2.45, 2.75) is 25.8 Å². The fourth-order valence-corrected chi connectivity index (χ4v) is 3.64. The Labute approximate surface area is 129 Å². The standard InChI is InChI=1S/C12H19ClN4O3S/c1-8-10(11(13)16(2)14-8)12(18)17-6-4-5-9(7-17)15-21(3,19)20/h9,15H,4-7H2,1-3H3/t9-/m1/s1. The predicted octanol–water partition coefficient (Wildman–Crippen LogP) is 0.536. The number of carbonyl (C=O) groups excluding carboxylic acids is 1. The van der Waals surface area contributed by atoms with Crippen LogP contribution < -0.4 is 4.72 Å². The molecule has 0 spiro atoms. The molecule has 1 N–H and O–H groups in total. The maximum atomic E-state index is 12.6. The van der Waals surface area contributed by atoms with Gasteiger partial charge in [-0.15, -0.1) is 0 Å². The summed E-state index contributed by atoms with van der Waals surface area (Å²) in [5.74, 6) is -0.203. The van der Waals surface area contributed by atoms with Gasteiger partial charge in [0.05, 0.1) is 17.5 Å². The van der Waals surface area contributed by atoms with Gasteiger partial charge < -0.3 is 4.90 Å². The predicted molar refractivity (Wildman–Crippen MR) is 79.9 cm³/mol. The Balaban J connectivity index is 2.16. The number of halogens is 1. The zero-order valence-electron chi connectivity index (χ0n) is 12.3. The Morgan fingerprint density at radius 1 is 1.48 bits per heavy atom. The molecular weight excluding hydrogens is 316 g/mol. The third-order valence-electron chi connectivity index (χ3n) is 3.46. The summed E-state index contributed by atoms with van der Waals surface area (Å²) < 4.78 is 26.6. The van der Waals surface area contributed by atoms with Crippen molar-refractivity contribution in [1.29, 1.82) is 0 Å². The second-order valence-corrected chi connectivity index (χ2v) is 7.49. The SMILES string of the molecule is Cc1nn(C)c(Cl)c1C(=O)N1CCC[C@@H](NS(C)(=O)=O)C1. The van der Waals surface area contributed by atoms with Gasteiger partial charge in [-0.05, 0) is 19.8 Å². The normalized spacial score (nSPS) is 19.8. The molecule has 0 radical (unpaired) electrons. The number of nitrogens with one attached hydrogen (secondary N) is 1. The molecule has 9 heteroatoms. The summed E-state index contributed by atoms with van der Waals surface area (Å²) in [7, 11) is -1.60. The number of carbonyl (C=O) groups is 1. The monoisotopic (exact) mass is 334 g/mol. The summed E-state index contributed by atoms with van der Waals surface area (Å²) in [6.45, 7) is 2.66. The molecule has 21 heavy (non-hydrogen) atoms. The van der Waals surface area contributed by atoms with Gasteiger partial charge >= 0.3 is 0 Å². The number of hydrogen-bond donors (Lipinski definition) is 1. The van der Waals surface area contributed by atoms with Gasteiger partial charge in [0.1, 0.15) is 5.15 Å². The van der Waals surface area contributed by atoms with Crippen LogP contribution in [0.5, 0.6) is 0 Å². The van der Waals surface area contributed by atoms with Gasteiger partial charge in [0.15, 0.2) is 0 Å². The van der Waals surface area contributed by atoms with E-state index in [0.29, 0.717) is 29.5 Å². The molecular formula is C12H19ClN4O3S. The number of aryl methyl sites for hydroxylation is 2. The minimum Gasteiger partial charge on any atom is -0.337 e. The summed E-state index contributed by atoms with van der Waals surface area (Å²) in [6, 6.07) is -0.256. The zero-order chi connectivity index (χ0) is 15.8. The first-order valence-electron chi connectivity index (χ1n) is 6.64. The van der Waals surface area contributed by atoms with Gasteiger partial charge in [-0.3, -0.25) is 9.48 Å². The van der Waals surface area contributed by atoms with Crippen molar-refractivity contribution in [3.05, 3.63) is 16.4 Å². The molecule has 1 aliphatic rings. The second-order valence-electron chi connectivity index (χ2n) is 5.36. The average molecular weight is 335 g/mol. The maximum Gasteiger partial charge on any atom is 0.258 e. The van der Waals surface area contributed by atoms with Crippen molar-refractivity contribution in [2.24, 2.45) is 7.05 Å². The number of hydrogen-bond acceptors (Lipinski definition) is 4. The lowest BCUT2D eigenvalue weighted by Gasteiger charge is -2.32. The van der Waals surface area contributed by atoms with Crippen molar-refractivity contribution in [2.75, 3.05) is 19.3 Å². The van der Waals surface area contributed by atoms with Gasteiger partial charge in [0.25, 0.3) is 5.91 Å². The number of likely N-dealkylation sites (tertiary alicyclic amines) is 1. The highest BCUT2D eigenvalue weighted by Gasteiger charge is 2.29. The first kappa shape index (κ1) is 16.3. The van der Waals surface area contributed by atoms with Gasteiger partial charge in [-0.25, -0.2) is 13.1 Å². The Hall–Kier alpha value is -1.12. The van der Waals surface area contributed by atoms with E-state index in [0.717, 1.165) is 19.1 Å². The smallest absolute Gasteiger partial charge is 0.258 e. The van der Waals surface area contributed by atoms with Crippen LogP contribution in [0.4, 0.5) is 0 Å². The molecule has 0 bridgehead atoms. The molecule has 1 aromatic heterocycles. The summed E-state index contributed by atoms with van der Waals surface area (Å²) >= 11 is 6.11. The van der Waals surface area contributed by atoms with Crippen molar-refractivity contribution in [3.8, 4) is 0 Å². The number of sulfonamides is 1. The van der Waals surface area contributed by atoms with Gasteiger partial charge in [-0.1, -0.05) is 11.6 Å². The quantitative estimate of drug-likeness (QED) is 0.874.